The maximum absolute atomic E-state index is 13.3. The number of carbonyl (C=O) groups is 1. The topological polar surface area (TPSA) is 17.1 Å². The molecule has 0 aromatic heterocycles. The summed E-state index contributed by atoms with van der Waals surface area (Å²) >= 11 is 0. The van der Waals surface area contributed by atoms with Crippen molar-refractivity contribution in [1.82, 2.24) is 0 Å². The van der Waals surface area contributed by atoms with Crippen molar-refractivity contribution in [2.24, 2.45) is 5.41 Å². The second-order valence-corrected chi connectivity index (χ2v) is 5.53. The van der Waals surface area contributed by atoms with Crippen molar-refractivity contribution in [2.45, 2.75) is 39.0 Å². The standard InChI is InChI=1S/C16H17FO/c1-2-6-16-7-5-13(18)9-15(16)14-4-3-12(17)8-11(14)10-16/h3-4,8-9H,2,5-7,10H2,1H3. The highest BCUT2D eigenvalue weighted by atomic mass is 19.1. The van der Waals surface area contributed by atoms with E-state index in [4.69, 9.17) is 0 Å². The Balaban J connectivity index is 2.14. The van der Waals surface area contributed by atoms with E-state index >= 15 is 0 Å². The first-order chi connectivity index (χ1) is 8.64. The first-order valence-electron chi connectivity index (χ1n) is 6.68. The van der Waals surface area contributed by atoms with Gasteiger partial charge in [-0.2, -0.15) is 0 Å². The van der Waals surface area contributed by atoms with Gasteiger partial charge in [-0.3, -0.25) is 4.79 Å². The van der Waals surface area contributed by atoms with Crippen molar-refractivity contribution in [2.75, 3.05) is 0 Å². The lowest BCUT2D eigenvalue weighted by Crippen LogP contribution is -2.25. The number of allylic oxidation sites excluding steroid dienone is 2. The van der Waals surface area contributed by atoms with Gasteiger partial charge in [0.05, 0.1) is 0 Å². The zero-order chi connectivity index (χ0) is 12.8. The Bertz CT molecular complexity index is 544. The first kappa shape index (κ1) is 11.6. The van der Waals surface area contributed by atoms with Crippen LogP contribution in [0.1, 0.15) is 43.7 Å². The largest absolute Gasteiger partial charge is 0.295 e. The van der Waals surface area contributed by atoms with Crippen LogP contribution in [0.25, 0.3) is 5.57 Å². The van der Waals surface area contributed by atoms with E-state index in [0.29, 0.717) is 6.42 Å². The zero-order valence-electron chi connectivity index (χ0n) is 10.6. The Morgan fingerprint density at radius 3 is 3.00 bits per heavy atom. The highest BCUT2D eigenvalue weighted by molar-refractivity contribution is 6.01. The summed E-state index contributed by atoms with van der Waals surface area (Å²) in [6.07, 6.45) is 6.45. The highest BCUT2D eigenvalue weighted by Crippen LogP contribution is 2.54. The summed E-state index contributed by atoms with van der Waals surface area (Å²) in [6.45, 7) is 2.17. The van der Waals surface area contributed by atoms with Gasteiger partial charge in [0.2, 0.25) is 0 Å². The molecule has 0 amide bonds. The van der Waals surface area contributed by atoms with Gasteiger partial charge in [0.25, 0.3) is 0 Å². The minimum Gasteiger partial charge on any atom is -0.295 e. The molecule has 2 aliphatic carbocycles. The molecule has 0 radical (unpaired) electrons. The fourth-order valence-electron chi connectivity index (χ4n) is 3.59. The van der Waals surface area contributed by atoms with Crippen LogP contribution in [0, 0.1) is 11.2 Å². The molecule has 0 N–H and O–H groups in total. The van der Waals surface area contributed by atoms with Crippen LogP contribution in [-0.4, -0.2) is 5.78 Å². The summed E-state index contributed by atoms with van der Waals surface area (Å²) in [5.74, 6) is 0.0416. The molecule has 0 bridgehead atoms. The molecule has 1 aromatic carbocycles. The summed E-state index contributed by atoms with van der Waals surface area (Å²) in [4.78, 5) is 11.7. The van der Waals surface area contributed by atoms with Crippen molar-refractivity contribution in [3.8, 4) is 0 Å². The first-order valence-corrected chi connectivity index (χ1v) is 6.68. The average molecular weight is 244 g/mol. The molecule has 1 aromatic rings. The second kappa shape index (κ2) is 4.04. The molecule has 0 aliphatic heterocycles. The third-order valence-corrected chi connectivity index (χ3v) is 4.34. The van der Waals surface area contributed by atoms with Crippen LogP contribution in [0.3, 0.4) is 0 Å². The SMILES string of the molecule is CCCC12CCC(=O)C=C1c1ccc(F)cc1C2. The maximum atomic E-state index is 13.3. The van der Waals surface area contributed by atoms with Gasteiger partial charge < -0.3 is 0 Å². The van der Waals surface area contributed by atoms with Crippen molar-refractivity contribution in [3.63, 3.8) is 0 Å². The number of ketones is 1. The lowest BCUT2D eigenvalue weighted by Gasteiger charge is -2.33. The number of halogens is 1. The van der Waals surface area contributed by atoms with E-state index in [1.807, 2.05) is 12.1 Å². The van der Waals surface area contributed by atoms with Gasteiger partial charge in [-0.05, 0) is 54.2 Å². The Hall–Kier alpha value is -1.44. The van der Waals surface area contributed by atoms with Gasteiger partial charge in [0.1, 0.15) is 5.82 Å². The van der Waals surface area contributed by atoms with E-state index in [1.54, 1.807) is 6.07 Å². The summed E-state index contributed by atoms with van der Waals surface area (Å²) in [5, 5.41) is 0. The Morgan fingerprint density at radius 1 is 1.39 bits per heavy atom. The fraction of sp³-hybridized carbons (Fsp3) is 0.438. The van der Waals surface area contributed by atoms with Crippen LogP contribution in [0.5, 0.6) is 0 Å². The molecule has 18 heavy (non-hydrogen) atoms. The Kier molecular flexibility index (Phi) is 2.61. The molecule has 3 rings (SSSR count). The minimum atomic E-state index is -0.175. The quantitative estimate of drug-likeness (QED) is 0.770. The zero-order valence-corrected chi connectivity index (χ0v) is 10.6. The molecular formula is C16H17FO. The van der Waals surface area contributed by atoms with E-state index in [1.165, 1.54) is 6.07 Å². The normalized spacial score (nSPS) is 25.7. The Labute approximate surface area is 107 Å². The van der Waals surface area contributed by atoms with Crippen molar-refractivity contribution in [3.05, 3.63) is 41.2 Å². The van der Waals surface area contributed by atoms with E-state index < -0.39 is 0 Å². The molecule has 0 spiro atoms. The molecule has 1 nitrogen and oxygen atoms in total. The van der Waals surface area contributed by atoms with Gasteiger partial charge in [-0.1, -0.05) is 19.4 Å². The fourth-order valence-corrected chi connectivity index (χ4v) is 3.59. The van der Waals surface area contributed by atoms with Gasteiger partial charge >= 0.3 is 0 Å². The van der Waals surface area contributed by atoms with Crippen molar-refractivity contribution in [1.29, 1.82) is 0 Å². The number of benzene rings is 1. The lowest BCUT2D eigenvalue weighted by atomic mass is 9.70. The molecule has 0 saturated carbocycles. The third kappa shape index (κ3) is 1.63. The van der Waals surface area contributed by atoms with Crippen LogP contribution in [0.15, 0.2) is 24.3 Å². The van der Waals surface area contributed by atoms with E-state index in [2.05, 4.69) is 6.92 Å². The van der Waals surface area contributed by atoms with Crippen LogP contribution in [0.4, 0.5) is 4.39 Å². The highest BCUT2D eigenvalue weighted by Gasteiger charge is 2.43. The summed E-state index contributed by atoms with van der Waals surface area (Å²) in [7, 11) is 0. The summed E-state index contributed by atoms with van der Waals surface area (Å²) in [6, 6.07) is 4.98. The predicted octanol–water partition coefficient (Wildman–Crippen LogP) is 3.91. The lowest BCUT2D eigenvalue weighted by molar-refractivity contribution is -0.115. The molecule has 1 unspecified atom stereocenters. The predicted molar refractivity (Wildman–Crippen MR) is 69.7 cm³/mol. The van der Waals surface area contributed by atoms with Crippen molar-refractivity contribution < 1.29 is 9.18 Å². The average Bonchev–Trinajstić information content (AvgIpc) is 2.63. The third-order valence-electron chi connectivity index (χ3n) is 4.34. The summed E-state index contributed by atoms with van der Waals surface area (Å²) in [5.41, 5.74) is 3.43. The summed E-state index contributed by atoms with van der Waals surface area (Å²) < 4.78 is 13.3. The molecule has 0 heterocycles. The van der Waals surface area contributed by atoms with Gasteiger partial charge in [-0.15, -0.1) is 0 Å². The molecule has 0 saturated heterocycles. The minimum absolute atomic E-state index is 0.0960. The number of fused-ring (bicyclic) bond motifs is 3. The molecule has 2 aliphatic rings. The van der Waals surface area contributed by atoms with Crippen LogP contribution < -0.4 is 0 Å². The smallest absolute Gasteiger partial charge is 0.156 e. The van der Waals surface area contributed by atoms with Gasteiger partial charge in [-0.25, -0.2) is 4.39 Å². The molecule has 1 atom stereocenters. The number of hydrogen-bond donors (Lipinski definition) is 0. The van der Waals surface area contributed by atoms with E-state index in [0.717, 1.165) is 42.4 Å². The van der Waals surface area contributed by atoms with Gasteiger partial charge in [0, 0.05) is 11.8 Å². The molecule has 94 valence electrons. The van der Waals surface area contributed by atoms with Crippen LogP contribution in [-0.2, 0) is 11.2 Å². The Morgan fingerprint density at radius 2 is 2.22 bits per heavy atom. The number of rotatable bonds is 2. The number of carbonyl (C=O) groups excluding carboxylic acids is 1. The van der Waals surface area contributed by atoms with Crippen LogP contribution >= 0.6 is 0 Å². The second-order valence-electron chi connectivity index (χ2n) is 5.53. The van der Waals surface area contributed by atoms with E-state index in [9.17, 15) is 9.18 Å². The van der Waals surface area contributed by atoms with Crippen LogP contribution in [0.2, 0.25) is 0 Å². The molecular weight excluding hydrogens is 227 g/mol. The van der Waals surface area contributed by atoms with Gasteiger partial charge in [0.15, 0.2) is 5.78 Å². The molecule has 0 fully saturated rings. The molecule has 2 heteroatoms. The number of hydrogen-bond acceptors (Lipinski definition) is 1. The monoisotopic (exact) mass is 244 g/mol. The van der Waals surface area contributed by atoms with Crippen molar-refractivity contribution >= 4 is 11.4 Å². The maximum Gasteiger partial charge on any atom is 0.156 e. The van der Waals surface area contributed by atoms with E-state index in [-0.39, 0.29) is 17.0 Å².